The topological polar surface area (TPSA) is 75.6 Å². The van der Waals surface area contributed by atoms with E-state index in [1.54, 1.807) is 12.1 Å². The van der Waals surface area contributed by atoms with Gasteiger partial charge in [-0.25, -0.2) is 9.18 Å². The molecule has 3 rings (SSSR count). The molecule has 1 aromatic rings. The van der Waals surface area contributed by atoms with Crippen LogP contribution in [0.1, 0.15) is 44.6 Å². The van der Waals surface area contributed by atoms with Crippen LogP contribution in [0.2, 0.25) is 0 Å². The van der Waals surface area contributed by atoms with Gasteiger partial charge in [0.1, 0.15) is 11.6 Å². The van der Waals surface area contributed by atoms with Crippen molar-refractivity contribution in [3.63, 3.8) is 0 Å². The van der Waals surface area contributed by atoms with Crippen molar-refractivity contribution in [3.8, 4) is 0 Å². The zero-order valence-corrected chi connectivity index (χ0v) is 14.1. The van der Waals surface area contributed by atoms with Crippen molar-refractivity contribution in [3.05, 3.63) is 58.4 Å². The van der Waals surface area contributed by atoms with Crippen LogP contribution < -0.4 is 5.32 Å². The minimum atomic E-state index is -1.44. The number of benzene rings is 1. The second-order valence-electron chi connectivity index (χ2n) is 6.58. The number of carboxylic acid groups (broad SMARTS) is 1. The molecule has 132 valence electrons. The Morgan fingerprint density at radius 1 is 1.28 bits per heavy atom. The van der Waals surface area contributed by atoms with Crippen LogP contribution in [0, 0.1) is 11.7 Å². The molecule has 1 aliphatic heterocycles. The predicted octanol–water partition coefficient (Wildman–Crippen LogP) is 4.08. The monoisotopic (exact) mass is 345 g/mol. The molecule has 25 heavy (non-hydrogen) atoms. The third-order valence-electron chi connectivity index (χ3n) is 4.54. The molecule has 0 amide bonds. The number of nitrogens with one attached hydrogen (secondary N) is 1. The van der Waals surface area contributed by atoms with E-state index < -0.39 is 17.9 Å². The van der Waals surface area contributed by atoms with Gasteiger partial charge in [-0.15, -0.1) is 0 Å². The molecule has 1 aliphatic carbocycles. The summed E-state index contributed by atoms with van der Waals surface area (Å²) >= 11 is 0. The maximum Gasteiger partial charge on any atom is 0.511 e. The molecule has 0 saturated carbocycles. The molecule has 1 unspecified atom stereocenters. The average molecular weight is 345 g/mol. The van der Waals surface area contributed by atoms with Crippen LogP contribution in [0.3, 0.4) is 0 Å². The van der Waals surface area contributed by atoms with E-state index in [2.05, 4.69) is 5.32 Å². The maximum atomic E-state index is 13.3. The van der Waals surface area contributed by atoms with Gasteiger partial charge in [-0.2, -0.15) is 0 Å². The number of dihydropyridines is 1. The summed E-state index contributed by atoms with van der Waals surface area (Å²) in [4.78, 5) is 23.9. The summed E-state index contributed by atoms with van der Waals surface area (Å²) < 4.78 is 18.5. The number of hydrogen-bond donors (Lipinski definition) is 2. The largest absolute Gasteiger partial charge is 0.511 e. The van der Waals surface area contributed by atoms with Gasteiger partial charge in [0.25, 0.3) is 0 Å². The molecule has 0 radical (unpaired) electrons. The molecule has 1 aromatic carbocycles. The number of hydrogen-bond acceptors (Lipinski definition) is 4. The average Bonchev–Trinajstić information content (AvgIpc) is 2.55. The van der Waals surface area contributed by atoms with Crippen molar-refractivity contribution in [1.29, 1.82) is 0 Å². The molecule has 0 saturated heterocycles. The van der Waals surface area contributed by atoms with Crippen LogP contribution in [0.4, 0.5) is 9.18 Å². The van der Waals surface area contributed by atoms with E-state index in [0.717, 1.165) is 18.5 Å². The number of allylic oxidation sites excluding steroid dienone is 3. The Morgan fingerprint density at radius 2 is 1.96 bits per heavy atom. The van der Waals surface area contributed by atoms with E-state index >= 15 is 0 Å². The van der Waals surface area contributed by atoms with Gasteiger partial charge >= 0.3 is 6.16 Å². The highest BCUT2D eigenvalue weighted by molar-refractivity contribution is 5.99. The van der Waals surface area contributed by atoms with Crippen molar-refractivity contribution in [1.82, 2.24) is 5.32 Å². The summed E-state index contributed by atoms with van der Waals surface area (Å²) in [5.41, 5.74) is 2.62. The number of ketones is 1. The lowest BCUT2D eigenvalue weighted by atomic mass is 9.77. The van der Waals surface area contributed by atoms with Crippen molar-refractivity contribution in [2.75, 3.05) is 0 Å². The second kappa shape index (κ2) is 6.70. The molecule has 6 heteroatoms. The summed E-state index contributed by atoms with van der Waals surface area (Å²) in [6, 6.07) is 5.75. The van der Waals surface area contributed by atoms with Crippen LogP contribution in [-0.4, -0.2) is 17.0 Å². The molecule has 5 nitrogen and oxygen atoms in total. The van der Waals surface area contributed by atoms with E-state index in [9.17, 15) is 19.1 Å². The third-order valence-corrected chi connectivity index (χ3v) is 4.54. The van der Waals surface area contributed by atoms with Gasteiger partial charge in [-0.05, 0) is 36.5 Å². The first-order valence-corrected chi connectivity index (χ1v) is 8.32. The van der Waals surface area contributed by atoms with Crippen LogP contribution in [0.15, 0.2) is 47.0 Å². The maximum absolute atomic E-state index is 13.3. The quantitative estimate of drug-likeness (QED) is 0.807. The number of Topliss-reactive ketones (excluding diaryl/α,β-unsaturated/α-hetero) is 1. The van der Waals surface area contributed by atoms with Crippen molar-refractivity contribution < 1.29 is 23.8 Å². The fourth-order valence-corrected chi connectivity index (χ4v) is 3.45. The van der Waals surface area contributed by atoms with Gasteiger partial charge in [-0.1, -0.05) is 26.0 Å². The highest BCUT2D eigenvalue weighted by atomic mass is 19.1. The van der Waals surface area contributed by atoms with Gasteiger partial charge in [0, 0.05) is 17.7 Å². The number of rotatable bonds is 3. The van der Waals surface area contributed by atoms with Crippen molar-refractivity contribution in [2.24, 2.45) is 5.92 Å². The number of halogens is 1. The Morgan fingerprint density at radius 3 is 2.56 bits per heavy atom. The van der Waals surface area contributed by atoms with Crippen LogP contribution >= 0.6 is 0 Å². The highest BCUT2D eigenvalue weighted by Crippen LogP contribution is 2.43. The molecule has 0 aromatic heterocycles. The van der Waals surface area contributed by atoms with Gasteiger partial charge in [-0.3, -0.25) is 4.79 Å². The van der Waals surface area contributed by atoms with E-state index in [4.69, 9.17) is 4.74 Å². The minimum Gasteiger partial charge on any atom is -0.449 e. The number of carbonyl (C=O) groups is 2. The summed E-state index contributed by atoms with van der Waals surface area (Å²) in [7, 11) is 0. The SMILES string of the molecule is CC(C)C1=C(OC(=O)O)C(c2ccc(F)cc2)C2=C(CCCC2=O)N1. The van der Waals surface area contributed by atoms with Crippen LogP contribution in [-0.2, 0) is 9.53 Å². The standard InChI is InChI=1S/C19H20FNO4/c1-10(2)17-18(25-19(23)24)15(11-6-8-12(20)9-7-11)16-13(21-17)4-3-5-14(16)22/h6-10,15,21H,3-5H2,1-2H3,(H,23,24). The molecular formula is C19H20FNO4. The Bertz CT molecular complexity index is 777. The number of carbonyl (C=O) groups excluding carboxylic acids is 1. The van der Waals surface area contributed by atoms with E-state index in [-0.39, 0.29) is 17.5 Å². The summed E-state index contributed by atoms with van der Waals surface area (Å²) in [6.45, 7) is 3.84. The Balaban J connectivity index is 2.20. The lowest BCUT2D eigenvalue weighted by Crippen LogP contribution is -2.35. The van der Waals surface area contributed by atoms with E-state index in [0.29, 0.717) is 23.3 Å². The van der Waals surface area contributed by atoms with Crippen LogP contribution in [0.25, 0.3) is 0 Å². The smallest absolute Gasteiger partial charge is 0.449 e. The normalized spacial score (nSPS) is 20.5. The van der Waals surface area contributed by atoms with Crippen LogP contribution in [0.5, 0.6) is 0 Å². The molecular weight excluding hydrogens is 325 g/mol. The Labute approximate surface area is 145 Å². The fraction of sp³-hybridized carbons (Fsp3) is 0.368. The summed E-state index contributed by atoms with van der Waals surface area (Å²) in [5.74, 6) is -0.891. The van der Waals surface area contributed by atoms with E-state index in [1.807, 2.05) is 13.8 Å². The lowest BCUT2D eigenvalue weighted by molar-refractivity contribution is -0.116. The molecule has 0 bridgehead atoms. The molecule has 1 heterocycles. The molecule has 0 spiro atoms. The fourth-order valence-electron chi connectivity index (χ4n) is 3.45. The highest BCUT2D eigenvalue weighted by Gasteiger charge is 2.39. The van der Waals surface area contributed by atoms with Crippen molar-refractivity contribution >= 4 is 11.9 Å². The molecule has 2 aliphatic rings. The lowest BCUT2D eigenvalue weighted by Gasteiger charge is -2.35. The van der Waals surface area contributed by atoms with E-state index in [1.165, 1.54) is 12.1 Å². The minimum absolute atomic E-state index is 0.0247. The summed E-state index contributed by atoms with van der Waals surface area (Å²) in [6.07, 6.45) is 0.445. The first-order valence-electron chi connectivity index (χ1n) is 8.32. The second-order valence-corrected chi connectivity index (χ2v) is 6.58. The van der Waals surface area contributed by atoms with Crippen molar-refractivity contribution in [2.45, 2.75) is 39.0 Å². The summed E-state index contributed by atoms with van der Waals surface area (Å²) in [5, 5.41) is 12.4. The first kappa shape index (κ1) is 17.2. The molecule has 0 fully saturated rings. The Kier molecular flexibility index (Phi) is 4.61. The Hall–Kier alpha value is -2.63. The zero-order chi connectivity index (χ0) is 18.1. The van der Waals surface area contributed by atoms with Gasteiger partial charge in [0.15, 0.2) is 5.78 Å². The zero-order valence-electron chi connectivity index (χ0n) is 14.1. The van der Waals surface area contributed by atoms with Gasteiger partial charge in [0.05, 0.1) is 11.6 Å². The first-order chi connectivity index (χ1) is 11.9. The molecule has 1 atom stereocenters. The van der Waals surface area contributed by atoms with Gasteiger partial charge < -0.3 is 15.2 Å². The predicted molar refractivity (Wildman–Crippen MR) is 89.1 cm³/mol. The third kappa shape index (κ3) is 3.29. The molecule has 2 N–H and O–H groups in total. The number of ether oxygens (including phenoxy) is 1. The van der Waals surface area contributed by atoms with Gasteiger partial charge in [0.2, 0.25) is 0 Å².